The summed E-state index contributed by atoms with van der Waals surface area (Å²) in [5, 5.41) is 0. The van der Waals surface area contributed by atoms with Crippen molar-refractivity contribution in [1.29, 1.82) is 0 Å². The standard InChI is InChI=1S/C12H13NO/c1-9-12(7-8-13-9)10-3-5-11(14-2)6-4-10/h3-8,13H,1-2H3. The molecular formula is C12H13NO. The summed E-state index contributed by atoms with van der Waals surface area (Å²) in [5.41, 5.74) is 3.65. The van der Waals surface area contributed by atoms with Crippen molar-refractivity contribution in [3.63, 3.8) is 0 Å². The molecule has 1 heterocycles. The maximum Gasteiger partial charge on any atom is 0.118 e. The lowest BCUT2D eigenvalue weighted by Crippen LogP contribution is -1.83. The van der Waals surface area contributed by atoms with Gasteiger partial charge in [-0.15, -0.1) is 0 Å². The second-order valence-corrected chi connectivity index (χ2v) is 3.24. The summed E-state index contributed by atoms with van der Waals surface area (Å²) in [4.78, 5) is 3.16. The van der Waals surface area contributed by atoms with E-state index < -0.39 is 0 Å². The predicted octanol–water partition coefficient (Wildman–Crippen LogP) is 3.00. The lowest BCUT2D eigenvalue weighted by atomic mass is 10.1. The fraction of sp³-hybridized carbons (Fsp3) is 0.167. The average Bonchev–Trinajstić information content (AvgIpc) is 2.65. The van der Waals surface area contributed by atoms with Crippen LogP contribution in [0.15, 0.2) is 36.5 Å². The summed E-state index contributed by atoms with van der Waals surface area (Å²) >= 11 is 0. The lowest BCUT2D eigenvalue weighted by molar-refractivity contribution is 0.415. The largest absolute Gasteiger partial charge is 0.497 e. The Labute approximate surface area is 83.5 Å². The molecule has 0 saturated heterocycles. The summed E-state index contributed by atoms with van der Waals surface area (Å²) in [5.74, 6) is 0.891. The number of hydrogen-bond acceptors (Lipinski definition) is 1. The molecule has 0 radical (unpaired) electrons. The van der Waals surface area contributed by atoms with Crippen LogP contribution >= 0.6 is 0 Å². The van der Waals surface area contributed by atoms with Gasteiger partial charge in [-0.2, -0.15) is 0 Å². The number of ether oxygens (including phenoxy) is 1. The van der Waals surface area contributed by atoms with E-state index in [9.17, 15) is 0 Å². The SMILES string of the molecule is COc1ccc(-c2cc[nH]c2C)cc1. The van der Waals surface area contributed by atoms with Gasteiger partial charge in [-0.1, -0.05) is 12.1 Å². The smallest absolute Gasteiger partial charge is 0.118 e. The number of rotatable bonds is 2. The molecule has 0 fully saturated rings. The van der Waals surface area contributed by atoms with Crippen LogP contribution in [0.3, 0.4) is 0 Å². The second kappa shape index (κ2) is 3.58. The highest BCUT2D eigenvalue weighted by Gasteiger charge is 2.01. The molecule has 2 nitrogen and oxygen atoms in total. The van der Waals surface area contributed by atoms with Crippen molar-refractivity contribution in [1.82, 2.24) is 4.98 Å². The van der Waals surface area contributed by atoms with Crippen LogP contribution < -0.4 is 4.74 Å². The van der Waals surface area contributed by atoms with Gasteiger partial charge < -0.3 is 9.72 Å². The van der Waals surface area contributed by atoms with Gasteiger partial charge in [-0.3, -0.25) is 0 Å². The third-order valence-corrected chi connectivity index (χ3v) is 2.35. The maximum absolute atomic E-state index is 5.11. The first-order valence-electron chi connectivity index (χ1n) is 4.59. The monoisotopic (exact) mass is 187 g/mol. The number of benzene rings is 1. The number of H-pyrrole nitrogens is 1. The molecule has 0 bridgehead atoms. The van der Waals surface area contributed by atoms with Crippen LogP contribution in [0.25, 0.3) is 11.1 Å². The molecule has 2 heteroatoms. The van der Waals surface area contributed by atoms with Crippen LogP contribution in [0.1, 0.15) is 5.69 Å². The zero-order chi connectivity index (χ0) is 9.97. The van der Waals surface area contributed by atoms with E-state index in [1.165, 1.54) is 16.8 Å². The van der Waals surface area contributed by atoms with E-state index in [2.05, 4.69) is 30.1 Å². The molecule has 2 aromatic rings. The number of aromatic nitrogens is 1. The molecule has 72 valence electrons. The number of aromatic amines is 1. The maximum atomic E-state index is 5.11. The van der Waals surface area contributed by atoms with E-state index in [-0.39, 0.29) is 0 Å². The number of nitrogens with one attached hydrogen (secondary N) is 1. The van der Waals surface area contributed by atoms with E-state index >= 15 is 0 Å². The second-order valence-electron chi connectivity index (χ2n) is 3.24. The Morgan fingerprint density at radius 1 is 1.07 bits per heavy atom. The van der Waals surface area contributed by atoms with Crippen molar-refractivity contribution in [2.75, 3.05) is 7.11 Å². The van der Waals surface area contributed by atoms with Crippen LogP contribution in [0.2, 0.25) is 0 Å². The first-order valence-corrected chi connectivity index (χ1v) is 4.59. The molecule has 0 aliphatic rings. The highest BCUT2D eigenvalue weighted by Crippen LogP contribution is 2.24. The molecule has 0 aliphatic heterocycles. The number of aryl methyl sites for hydroxylation is 1. The van der Waals surface area contributed by atoms with E-state index in [4.69, 9.17) is 4.74 Å². The number of methoxy groups -OCH3 is 1. The van der Waals surface area contributed by atoms with E-state index in [0.29, 0.717) is 0 Å². The summed E-state index contributed by atoms with van der Waals surface area (Å²) in [6.07, 6.45) is 1.95. The van der Waals surface area contributed by atoms with Crippen LogP contribution in [0.5, 0.6) is 5.75 Å². The minimum Gasteiger partial charge on any atom is -0.497 e. The van der Waals surface area contributed by atoms with Gasteiger partial charge >= 0.3 is 0 Å². The van der Waals surface area contributed by atoms with Gasteiger partial charge in [0.15, 0.2) is 0 Å². The van der Waals surface area contributed by atoms with Crippen molar-refractivity contribution in [2.24, 2.45) is 0 Å². The summed E-state index contributed by atoms with van der Waals surface area (Å²) in [6.45, 7) is 2.07. The lowest BCUT2D eigenvalue weighted by Gasteiger charge is -2.02. The van der Waals surface area contributed by atoms with Gasteiger partial charge in [-0.05, 0) is 30.7 Å². The molecule has 0 atom stereocenters. The van der Waals surface area contributed by atoms with Crippen molar-refractivity contribution in [3.05, 3.63) is 42.2 Å². The molecule has 0 saturated carbocycles. The third kappa shape index (κ3) is 1.51. The fourth-order valence-electron chi connectivity index (χ4n) is 1.54. The normalized spacial score (nSPS) is 10.1. The first kappa shape index (κ1) is 8.88. The minimum atomic E-state index is 0.891. The molecule has 2 rings (SSSR count). The third-order valence-electron chi connectivity index (χ3n) is 2.35. The zero-order valence-corrected chi connectivity index (χ0v) is 8.37. The Balaban J connectivity index is 2.39. The minimum absolute atomic E-state index is 0.891. The Hall–Kier alpha value is -1.70. The van der Waals surface area contributed by atoms with Gasteiger partial charge in [0.1, 0.15) is 5.75 Å². The molecular weight excluding hydrogens is 174 g/mol. The van der Waals surface area contributed by atoms with Gasteiger partial charge in [0.2, 0.25) is 0 Å². The van der Waals surface area contributed by atoms with Gasteiger partial charge in [0.25, 0.3) is 0 Å². The molecule has 1 aromatic heterocycles. The summed E-state index contributed by atoms with van der Waals surface area (Å²) in [6, 6.07) is 10.2. The Kier molecular flexibility index (Phi) is 2.27. The molecule has 1 N–H and O–H groups in total. The molecule has 1 aromatic carbocycles. The average molecular weight is 187 g/mol. The van der Waals surface area contributed by atoms with Crippen LogP contribution in [0.4, 0.5) is 0 Å². The topological polar surface area (TPSA) is 25.0 Å². The van der Waals surface area contributed by atoms with E-state index in [1.807, 2.05) is 18.3 Å². The van der Waals surface area contributed by atoms with E-state index in [1.54, 1.807) is 7.11 Å². The van der Waals surface area contributed by atoms with Gasteiger partial charge in [-0.25, -0.2) is 0 Å². The molecule has 0 aliphatic carbocycles. The van der Waals surface area contributed by atoms with Crippen LogP contribution in [0, 0.1) is 6.92 Å². The van der Waals surface area contributed by atoms with Crippen molar-refractivity contribution < 1.29 is 4.74 Å². The Morgan fingerprint density at radius 3 is 2.29 bits per heavy atom. The van der Waals surface area contributed by atoms with Crippen LogP contribution in [-0.4, -0.2) is 12.1 Å². The Morgan fingerprint density at radius 2 is 1.79 bits per heavy atom. The van der Waals surface area contributed by atoms with Crippen molar-refractivity contribution in [2.45, 2.75) is 6.92 Å². The van der Waals surface area contributed by atoms with Gasteiger partial charge in [0, 0.05) is 17.5 Å². The molecule has 0 amide bonds. The molecule has 0 spiro atoms. The van der Waals surface area contributed by atoms with Crippen molar-refractivity contribution >= 4 is 0 Å². The van der Waals surface area contributed by atoms with Crippen molar-refractivity contribution in [3.8, 4) is 16.9 Å². The van der Waals surface area contributed by atoms with E-state index in [0.717, 1.165) is 5.75 Å². The van der Waals surface area contributed by atoms with Gasteiger partial charge in [0.05, 0.1) is 7.11 Å². The quantitative estimate of drug-likeness (QED) is 0.768. The number of hydrogen-bond donors (Lipinski definition) is 1. The summed E-state index contributed by atoms with van der Waals surface area (Å²) < 4.78 is 5.11. The molecule has 0 unspecified atom stereocenters. The highest BCUT2D eigenvalue weighted by atomic mass is 16.5. The Bertz CT molecular complexity index is 414. The predicted molar refractivity (Wildman–Crippen MR) is 57.5 cm³/mol. The van der Waals surface area contributed by atoms with Crippen LogP contribution in [-0.2, 0) is 0 Å². The molecule has 14 heavy (non-hydrogen) atoms. The highest BCUT2D eigenvalue weighted by molar-refractivity contribution is 5.66. The first-order chi connectivity index (χ1) is 6.81. The zero-order valence-electron chi connectivity index (χ0n) is 8.37. The summed E-state index contributed by atoms with van der Waals surface area (Å²) in [7, 11) is 1.68. The fourth-order valence-corrected chi connectivity index (χ4v) is 1.54.